The molecule has 0 radical (unpaired) electrons. The summed E-state index contributed by atoms with van der Waals surface area (Å²) in [6.07, 6.45) is 7.76. The molecule has 2 aliphatic rings. The third kappa shape index (κ3) is 2.73. The first-order valence-electron chi connectivity index (χ1n) is 7.82. The van der Waals surface area contributed by atoms with Crippen molar-refractivity contribution in [3.63, 3.8) is 0 Å². The summed E-state index contributed by atoms with van der Waals surface area (Å²) < 4.78 is 0. The molecule has 0 amide bonds. The van der Waals surface area contributed by atoms with Crippen LogP contribution >= 0.6 is 11.3 Å². The van der Waals surface area contributed by atoms with Crippen LogP contribution in [0.2, 0.25) is 0 Å². The van der Waals surface area contributed by atoms with Gasteiger partial charge in [-0.05, 0) is 44.1 Å². The second-order valence-corrected chi connectivity index (χ2v) is 8.10. The van der Waals surface area contributed by atoms with Gasteiger partial charge in [-0.3, -0.25) is 0 Å². The Morgan fingerprint density at radius 3 is 2.79 bits per heavy atom. The van der Waals surface area contributed by atoms with Crippen LogP contribution in [0.3, 0.4) is 0 Å². The number of thiazole rings is 1. The highest BCUT2D eigenvalue weighted by atomic mass is 32.1. The zero-order chi connectivity index (χ0) is 13.5. The molecule has 0 spiro atoms. The van der Waals surface area contributed by atoms with E-state index in [0.29, 0.717) is 11.5 Å². The molecule has 3 rings (SSSR count). The van der Waals surface area contributed by atoms with Gasteiger partial charge in [0.2, 0.25) is 0 Å². The molecule has 1 aromatic heterocycles. The largest absolute Gasteiger partial charge is 0.309 e. The number of nitrogens with one attached hydrogen (secondary N) is 1. The van der Waals surface area contributed by atoms with Crippen LogP contribution in [-0.2, 0) is 6.42 Å². The third-order valence-electron chi connectivity index (χ3n) is 4.56. The Bertz CT molecular complexity index is 446. The Labute approximate surface area is 121 Å². The standard InChI is InChI=1S/C16H26N2S/c1-4-8-17-12-9-16(2,3)10-13-14(12)19-15(18-13)11-6-5-7-11/h11-12,17H,4-10H2,1-3H3. The number of fused-ring (bicyclic) bond motifs is 1. The maximum atomic E-state index is 5.01. The van der Waals surface area contributed by atoms with Crippen LogP contribution < -0.4 is 5.32 Å². The molecular formula is C16H26N2S. The van der Waals surface area contributed by atoms with Gasteiger partial charge in [0.15, 0.2) is 0 Å². The van der Waals surface area contributed by atoms with Crippen LogP contribution in [0, 0.1) is 5.41 Å². The van der Waals surface area contributed by atoms with Crippen molar-refractivity contribution < 1.29 is 0 Å². The minimum Gasteiger partial charge on any atom is -0.309 e. The Hall–Kier alpha value is -0.410. The Morgan fingerprint density at radius 2 is 2.16 bits per heavy atom. The van der Waals surface area contributed by atoms with Gasteiger partial charge in [0.05, 0.1) is 10.7 Å². The highest BCUT2D eigenvalue weighted by Crippen LogP contribution is 2.46. The van der Waals surface area contributed by atoms with E-state index in [4.69, 9.17) is 4.98 Å². The fraction of sp³-hybridized carbons (Fsp3) is 0.812. The average Bonchev–Trinajstić information content (AvgIpc) is 2.64. The van der Waals surface area contributed by atoms with Crippen molar-refractivity contribution in [1.82, 2.24) is 10.3 Å². The molecule has 1 saturated carbocycles. The lowest BCUT2D eigenvalue weighted by atomic mass is 9.76. The van der Waals surface area contributed by atoms with Crippen molar-refractivity contribution in [3.05, 3.63) is 15.6 Å². The predicted molar refractivity (Wildman–Crippen MR) is 81.8 cm³/mol. The predicted octanol–water partition coefficient (Wildman–Crippen LogP) is 4.42. The van der Waals surface area contributed by atoms with E-state index in [-0.39, 0.29) is 0 Å². The van der Waals surface area contributed by atoms with E-state index in [9.17, 15) is 0 Å². The van der Waals surface area contributed by atoms with Crippen molar-refractivity contribution in [3.8, 4) is 0 Å². The van der Waals surface area contributed by atoms with Crippen molar-refractivity contribution in [2.24, 2.45) is 5.41 Å². The smallest absolute Gasteiger partial charge is 0.0962 e. The molecule has 1 fully saturated rings. The van der Waals surface area contributed by atoms with Crippen LogP contribution in [0.15, 0.2) is 0 Å². The SMILES string of the molecule is CCCNC1CC(C)(C)Cc2nc(C3CCC3)sc21. The van der Waals surface area contributed by atoms with Crippen LogP contribution in [0.4, 0.5) is 0 Å². The summed E-state index contributed by atoms with van der Waals surface area (Å²) >= 11 is 2.00. The Kier molecular flexibility index (Phi) is 3.69. The average molecular weight is 278 g/mol. The Balaban J connectivity index is 1.85. The zero-order valence-corrected chi connectivity index (χ0v) is 13.3. The molecule has 1 aromatic rings. The summed E-state index contributed by atoms with van der Waals surface area (Å²) in [5.41, 5.74) is 1.79. The molecule has 2 nitrogen and oxygen atoms in total. The van der Waals surface area contributed by atoms with Crippen molar-refractivity contribution in [2.45, 2.75) is 71.3 Å². The van der Waals surface area contributed by atoms with E-state index in [0.717, 1.165) is 18.9 Å². The van der Waals surface area contributed by atoms with Gasteiger partial charge in [-0.25, -0.2) is 4.98 Å². The molecule has 3 heteroatoms. The Morgan fingerprint density at radius 1 is 1.37 bits per heavy atom. The van der Waals surface area contributed by atoms with Crippen LogP contribution in [0.5, 0.6) is 0 Å². The number of rotatable bonds is 4. The topological polar surface area (TPSA) is 24.9 Å². The quantitative estimate of drug-likeness (QED) is 0.881. The highest BCUT2D eigenvalue weighted by Gasteiger charge is 2.36. The third-order valence-corrected chi connectivity index (χ3v) is 5.93. The fourth-order valence-corrected chi connectivity index (χ4v) is 4.59. The van der Waals surface area contributed by atoms with E-state index in [2.05, 4.69) is 26.1 Å². The minimum absolute atomic E-state index is 0.392. The molecular weight excluding hydrogens is 252 g/mol. The van der Waals surface area contributed by atoms with E-state index >= 15 is 0 Å². The summed E-state index contributed by atoms with van der Waals surface area (Å²) in [4.78, 5) is 6.56. The molecule has 0 bridgehead atoms. The van der Waals surface area contributed by atoms with Gasteiger partial charge >= 0.3 is 0 Å². The van der Waals surface area contributed by atoms with E-state index in [1.165, 1.54) is 42.8 Å². The van der Waals surface area contributed by atoms with Crippen LogP contribution in [0.1, 0.15) is 80.4 Å². The number of aromatic nitrogens is 1. The summed E-state index contributed by atoms with van der Waals surface area (Å²) in [6, 6.07) is 0.546. The van der Waals surface area contributed by atoms with Gasteiger partial charge in [0.1, 0.15) is 0 Å². The van der Waals surface area contributed by atoms with Crippen LogP contribution in [-0.4, -0.2) is 11.5 Å². The van der Waals surface area contributed by atoms with Crippen molar-refractivity contribution >= 4 is 11.3 Å². The van der Waals surface area contributed by atoms with Gasteiger partial charge in [0, 0.05) is 16.8 Å². The molecule has 1 heterocycles. The molecule has 0 saturated heterocycles. The lowest BCUT2D eigenvalue weighted by molar-refractivity contribution is 0.258. The van der Waals surface area contributed by atoms with Gasteiger partial charge < -0.3 is 5.32 Å². The van der Waals surface area contributed by atoms with Gasteiger partial charge in [-0.15, -0.1) is 11.3 Å². The molecule has 1 atom stereocenters. The molecule has 0 aliphatic heterocycles. The zero-order valence-electron chi connectivity index (χ0n) is 12.5. The van der Waals surface area contributed by atoms with Gasteiger partial charge in [-0.2, -0.15) is 0 Å². The summed E-state index contributed by atoms with van der Waals surface area (Å²) in [5, 5.41) is 5.17. The van der Waals surface area contributed by atoms with E-state index < -0.39 is 0 Å². The monoisotopic (exact) mass is 278 g/mol. The second-order valence-electron chi connectivity index (χ2n) is 7.04. The molecule has 1 unspecified atom stereocenters. The first-order chi connectivity index (χ1) is 9.09. The maximum Gasteiger partial charge on any atom is 0.0962 e. The summed E-state index contributed by atoms with van der Waals surface area (Å²) in [5.74, 6) is 0.783. The molecule has 106 valence electrons. The maximum absolute atomic E-state index is 5.01. The molecule has 1 N–H and O–H groups in total. The van der Waals surface area contributed by atoms with Crippen LogP contribution in [0.25, 0.3) is 0 Å². The summed E-state index contributed by atoms with van der Waals surface area (Å²) in [6.45, 7) is 8.14. The van der Waals surface area contributed by atoms with Gasteiger partial charge in [0.25, 0.3) is 0 Å². The first-order valence-corrected chi connectivity index (χ1v) is 8.63. The first kappa shape index (κ1) is 13.6. The number of hydrogen-bond donors (Lipinski definition) is 1. The highest BCUT2D eigenvalue weighted by molar-refractivity contribution is 7.12. The normalized spacial score (nSPS) is 25.9. The molecule has 19 heavy (non-hydrogen) atoms. The molecule has 2 aliphatic carbocycles. The van der Waals surface area contributed by atoms with Crippen molar-refractivity contribution in [2.75, 3.05) is 6.54 Å². The summed E-state index contributed by atoms with van der Waals surface area (Å²) in [7, 11) is 0. The lowest BCUT2D eigenvalue weighted by Crippen LogP contribution is -2.33. The minimum atomic E-state index is 0.392. The molecule has 0 aromatic carbocycles. The number of nitrogens with zero attached hydrogens (tertiary/aromatic N) is 1. The lowest BCUT2D eigenvalue weighted by Gasteiger charge is -2.34. The number of hydrogen-bond acceptors (Lipinski definition) is 3. The van der Waals surface area contributed by atoms with Crippen molar-refractivity contribution in [1.29, 1.82) is 0 Å². The van der Waals surface area contributed by atoms with Gasteiger partial charge in [-0.1, -0.05) is 27.2 Å². The fourth-order valence-electron chi connectivity index (χ4n) is 3.27. The second kappa shape index (κ2) is 5.17. The van der Waals surface area contributed by atoms with E-state index in [1.54, 1.807) is 4.88 Å². The van der Waals surface area contributed by atoms with E-state index in [1.807, 2.05) is 11.3 Å².